The van der Waals surface area contributed by atoms with Crippen LogP contribution in [0.2, 0.25) is 0 Å². The molecule has 0 heterocycles. The van der Waals surface area contributed by atoms with E-state index in [1.807, 2.05) is 0 Å². The summed E-state index contributed by atoms with van der Waals surface area (Å²) in [6.07, 6.45) is 0.721. The summed E-state index contributed by atoms with van der Waals surface area (Å²) in [5, 5.41) is 3.17. The zero-order chi connectivity index (χ0) is 13.3. The quantitative estimate of drug-likeness (QED) is 0.328. The van der Waals surface area contributed by atoms with Gasteiger partial charge in [0.2, 0.25) is 0 Å². The van der Waals surface area contributed by atoms with Crippen molar-refractivity contribution in [3.05, 3.63) is 0 Å². The second kappa shape index (κ2) is 16.5. The van der Waals surface area contributed by atoms with Crippen LogP contribution in [-0.4, -0.2) is 72.2 Å². The third-order valence-electron chi connectivity index (χ3n) is 1.98. The van der Waals surface area contributed by atoms with Crippen LogP contribution in [-0.2, 0) is 23.7 Å². The Balaban J connectivity index is 2.88. The summed E-state index contributed by atoms with van der Waals surface area (Å²) in [6.45, 7) is 7.92. The maximum atomic E-state index is 9.92. The van der Waals surface area contributed by atoms with E-state index in [9.17, 15) is 4.79 Å². The second-order valence-electron chi connectivity index (χ2n) is 3.43. The van der Waals surface area contributed by atoms with Crippen LogP contribution in [0.25, 0.3) is 0 Å². The number of nitrogens with one attached hydrogen (secondary N) is 1. The predicted molar refractivity (Wildman–Crippen MR) is 67.9 cm³/mol. The first kappa shape index (κ1) is 17.5. The number of aldehydes is 1. The average molecular weight is 263 g/mol. The van der Waals surface area contributed by atoms with Crippen LogP contribution < -0.4 is 5.32 Å². The summed E-state index contributed by atoms with van der Waals surface area (Å²) in [6, 6.07) is 0. The van der Waals surface area contributed by atoms with Crippen molar-refractivity contribution in [3.8, 4) is 0 Å². The van der Waals surface area contributed by atoms with Crippen molar-refractivity contribution >= 4 is 6.29 Å². The molecule has 0 saturated carbocycles. The van der Waals surface area contributed by atoms with Crippen LogP contribution in [0.4, 0.5) is 0 Å². The molecule has 1 N–H and O–H groups in total. The summed E-state index contributed by atoms with van der Waals surface area (Å²) in [4.78, 5) is 9.92. The molecule has 18 heavy (non-hydrogen) atoms. The Morgan fingerprint density at radius 1 is 0.833 bits per heavy atom. The van der Waals surface area contributed by atoms with E-state index >= 15 is 0 Å². The van der Waals surface area contributed by atoms with E-state index in [2.05, 4.69) is 12.2 Å². The highest BCUT2D eigenvalue weighted by Crippen LogP contribution is 1.82. The average Bonchev–Trinajstić information content (AvgIpc) is 2.39. The molecule has 0 aliphatic carbocycles. The zero-order valence-electron chi connectivity index (χ0n) is 11.2. The van der Waals surface area contributed by atoms with Crippen molar-refractivity contribution in [1.29, 1.82) is 0 Å². The van der Waals surface area contributed by atoms with E-state index in [0.29, 0.717) is 46.2 Å². The first-order valence-corrected chi connectivity index (χ1v) is 6.37. The number of carbonyl (C=O) groups is 1. The molecule has 0 radical (unpaired) electrons. The molecular formula is C12H25NO5. The van der Waals surface area contributed by atoms with Gasteiger partial charge in [-0.05, 0) is 6.54 Å². The van der Waals surface area contributed by atoms with Crippen LogP contribution in [0, 0.1) is 0 Å². The maximum absolute atomic E-state index is 9.92. The van der Waals surface area contributed by atoms with E-state index in [4.69, 9.17) is 18.9 Å². The van der Waals surface area contributed by atoms with Crippen LogP contribution >= 0.6 is 0 Å². The molecule has 0 unspecified atom stereocenters. The number of rotatable bonds is 15. The SMILES string of the molecule is CCNCCOCCOCCOCCOCC=O. The van der Waals surface area contributed by atoms with Gasteiger partial charge < -0.3 is 29.1 Å². The topological polar surface area (TPSA) is 66.0 Å². The van der Waals surface area contributed by atoms with E-state index < -0.39 is 0 Å². The molecule has 6 nitrogen and oxygen atoms in total. The number of carbonyl (C=O) groups excluding carboxylic acids is 1. The van der Waals surface area contributed by atoms with Crippen LogP contribution in [0.5, 0.6) is 0 Å². The lowest BCUT2D eigenvalue weighted by atomic mass is 10.6. The van der Waals surface area contributed by atoms with Gasteiger partial charge in [0, 0.05) is 6.54 Å². The Morgan fingerprint density at radius 2 is 1.33 bits per heavy atom. The van der Waals surface area contributed by atoms with Crippen molar-refractivity contribution < 1.29 is 23.7 Å². The minimum atomic E-state index is 0.129. The smallest absolute Gasteiger partial charge is 0.145 e. The molecule has 0 aromatic rings. The summed E-state index contributed by atoms with van der Waals surface area (Å²) in [5.74, 6) is 0. The highest BCUT2D eigenvalue weighted by Gasteiger charge is 1.92. The highest BCUT2D eigenvalue weighted by atomic mass is 16.6. The van der Waals surface area contributed by atoms with Crippen LogP contribution in [0.3, 0.4) is 0 Å². The van der Waals surface area contributed by atoms with E-state index in [1.54, 1.807) is 0 Å². The van der Waals surface area contributed by atoms with E-state index in [1.165, 1.54) is 0 Å². The Morgan fingerprint density at radius 3 is 1.83 bits per heavy atom. The largest absolute Gasteiger partial charge is 0.378 e. The van der Waals surface area contributed by atoms with Crippen LogP contribution in [0.1, 0.15) is 6.92 Å². The molecule has 0 aromatic heterocycles. The lowest BCUT2D eigenvalue weighted by Crippen LogP contribution is -2.20. The van der Waals surface area contributed by atoms with Crippen molar-refractivity contribution in [3.63, 3.8) is 0 Å². The van der Waals surface area contributed by atoms with Gasteiger partial charge >= 0.3 is 0 Å². The van der Waals surface area contributed by atoms with Gasteiger partial charge in [-0.25, -0.2) is 0 Å². The third-order valence-corrected chi connectivity index (χ3v) is 1.98. The summed E-state index contributed by atoms with van der Waals surface area (Å²) < 4.78 is 20.8. The zero-order valence-corrected chi connectivity index (χ0v) is 11.2. The number of likely N-dealkylation sites (N-methyl/N-ethyl adjacent to an activating group) is 1. The van der Waals surface area contributed by atoms with Crippen molar-refractivity contribution in [2.45, 2.75) is 6.92 Å². The number of ether oxygens (including phenoxy) is 4. The van der Waals surface area contributed by atoms with Gasteiger partial charge in [0.1, 0.15) is 12.9 Å². The number of hydrogen-bond acceptors (Lipinski definition) is 6. The van der Waals surface area contributed by atoms with Crippen molar-refractivity contribution in [2.75, 3.05) is 65.9 Å². The normalized spacial score (nSPS) is 10.7. The first-order chi connectivity index (χ1) is 8.91. The minimum absolute atomic E-state index is 0.129. The summed E-state index contributed by atoms with van der Waals surface area (Å²) in [7, 11) is 0. The van der Waals surface area contributed by atoms with Gasteiger partial charge in [0.25, 0.3) is 0 Å². The maximum Gasteiger partial charge on any atom is 0.145 e. The monoisotopic (exact) mass is 263 g/mol. The fraction of sp³-hybridized carbons (Fsp3) is 0.917. The summed E-state index contributed by atoms with van der Waals surface area (Å²) in [5.41, 5.74) is 0. The van der Waals surface area contributed by atoms with Crippen molar-refractivity contribution in [1.82, 2.24) is 5.32 Å². The van der Waals surface area contributed by atoms with Gasteiger partial charge in [-0.2, -0.15) is 0 Å². The third kappa shape index (κ3) is 15.5. The molecule has 0 spiro atoms. The fourth-order valence-electron chi connectivity index (χ4n) is 1.11. The molecule has 108 valence electrons. The molecule has 0 atom stereocenters. The van der Waals surface area contributed by atoms with Crippen LogP contribution in [0.15, 0.2) is 0 Å². The fourth-order valence-corrected chi connectivity index (χ4v) is 1.11. The minimum Gasteiger partial charge on any atom is -0.378 e. The standard InChI is InChI=1S/C12H25NO5/c1-2-13-3-5-15-7-9-17-11-12-18-10-8-16-6-4-14/h4,13H,2-3,5-12H2,1H3. The predicted octanol–water partition coefficient (Wildman–Crippen LogP) is -0.139. The van der Waals surface area contributed by atoms with E-state index in [-0.39, 0.29) is 6.61 Å². The number of hydrogen-bond donors (Lipinski definition) is 1. The molecular weight excluding hydrogens is 238 g/mol. The summed E-state index contributed by atoms with van der Waals surface area (Å²) >= 11 is 0. The second-order valence-corrected chi connectivity index (χ2v) is 3.43. The Labute approximate surface area is 109 Å². The molecule has 0 aliphatic heterocycles. The molecule has 0 aliphatic rings. The Bertz CT molecular complexity index is 169. The molecule has 0 rings (SSSR count). The Kier molecular flexibility index (Phi) is 16.0. The van der Waals surface area contributed by atoms with Gasteiger partial charge in [-0.15, -0.1) is 0 Å². The molecule has 0 aromatic carbocycles. The van der Waals surface area contributed by atoms with E-state index in [0.717, 1.165) is 19.4 Å². The van der Waals surface area contributed by atoms with Gasteiger partial charge in [-0.1, -0.05) is 6.92 Å². The molecule has 6 heteroatoms. The van der Waals surface area contributed by atoms with Gasteiger partial charge in [0.05, 0.1) is 46.2 Å². The van der Waals surface area contributed by atoms with Crippen molar-refractivity contribution in [2.24, 2.45) is 0 Å². The molecule has 0 fully saturated rings. The van der Waals surface area contributed by atoms with Gasteiger partial charge in [0.15, 0.2) is 0 Å². The Hall–Kier alpha value is -0.530. The molecule has 0 saturated heterocycles. The lowest BCUT2D eigenvalue weighted by Gasteiger charge is -2.07. The highest BCUT2D eigenvalue weighted by molar-refractivity contribution is 5.50. The van der Waals surface area contributed by atoms with Gasteiger partial charge in [-0.3, -0.25) is 0 Å². The first-order valence-electron chi connectivity index (χ1n) is 6.37. The lowest BCUT2D eigenvalue weighted by molar-refractivity contribution is -0.112. The molecule has 0 bridgehead atoms. The molecule has 0 amide bonds.